The van der Waals surface area contributed by atoms with Gasteiger partial charge >= 0.3 is 0 Å². The van der Waals surface area contributed by atoms with Crippen LogP contribution in [0.3, 0.4) is 0 Å². The predicted molar refractivity (Wildman–Crippen MR) is 68.9 cm³/mol. The Morgan fingerprint density at radius 2 is 1.47 bits per heavy atom. The summed E-state index contributed by atoms with van der Waals surface area (Å²) in [5, 5.41) is 0. The van der Waals surface area contributed by atoms with E-state index in [4.69, 9.17) is 0 Å². The molecule has 0 heteroatoms. The van der Waals surface area contributed by atoms with Crippen LogP contribution in [0.25, 0.3) is 0 Å². The van der Waals surface area contributed by atoms with Crippen LogP contribution in [-0.2, 0) is 0 Å². The Bertz CT molecular complexity index is 180. The molecule has 1 fully saturated rings. The summed E-state index contributed by atoms with van der Waals surface area (Å²) in [5.74, 6) is 2.09. The average Bonchev–Trinajstić information content (AvgIpc) is 2.33. The third kappa shape index (κ3) is 5.81. The first-order valence-electron chi connectivity index (χ1n) is 6.64. The van der Waals surface area contributed by atoms with Crippen molar-refractivity contribution >= 4 is 0 Å². The highest BCUT2D eigenvalue weighted by molar-refractivity contribution is 5.07. The van der Waals surface area contributed by atoms with Crippen molar-refractivity contribution in [2.75, 3.05) is 0 Å². The second-order valence-electron chi connectivity index (χ2n) is 4.97. The summed E-state index contributed by atoms with van der Waals surface area (Å²) in [5.41, 5.74) is 0. The third-order valence-electron chi connectivity index (χ3n) is 3.60. The average molecular weight is 206 g/mol. The van der Waals surface area contributed by atoms with Gasteiger partial charge in [-0.15, -0.1) is 0 Å². The van der Waals surface area contributed by atoms with Crippen LogP contribution >= 0.6 is 0 Å². The molecule has 0 aliphatic heterocycles. The van der Waals surface area contributed by atoms with Gasteiger partial charge in [0.15, 0.2) is 0 Å². The van der Waals surface area contributed by atoms with Gasteiger partial charge in [0.05, 0.1) is 0 Å². The van der Waals surface area contributed by atoms with Crippen LogP contribution in [0, 0.1) is 11.8 Å². The van der Waals surface area contributed by atoms with E-state index in [0.717, 1.165) is 11.8 Å². The van der Waals surface area contributed by atoms with Crippen molar-refractivity contribution < 1.29 is 0 Å². The van der Waals surface area contributed by atoms with Gasteiger partial charge in [-0.25, -0.2) is 0 Å². The van der Waals surface area contributed by atoms with Gasteiger partial charge in [0, 0.05) is 0 Å². The van der Waals surface area contributed by atoms with Crippen molar-refractivity contribution in [3.05, 3.63) is 24.3 Å². The molecule has 15 heavy (non-hydrogen) atoms. The fourth-order valence-corrected chi connectivity index (χ4v) is 2.28. The SMILES string of the molecule is C1=CCCC=C1.CCC1CCC(C)CC1. The van der Waals surface area contributed by atoms with Gasteiger partial charge in [0.25, 0.3) is 0 Å². The molecule has 0 N–H and O–H groups in total. The minimum atomic E-state index is 1.02. The summed E-state index contributed by atoms with van der Waals surface area (Å²) >= 11 is 0. The molecule has 86 valence electrons. The maximum atomic E-state index is 2.38. The van der Waals surface area contributed by atoms with Crippen molar-refractivity contribution in [3.8, 4) is 0 Å². The lowest BCUT2D eigenvalue weighted by Gasteiger charge is -2.24. The Labute approximate surface area is 95.5 Å². The van der Waals surface area contributed by atoms with Crippen LogP contribution in [0.2, 0.25) is 0 Å². The molecule has 2 rings (SSSR count). The zero-order chi connectivity index (χ0) is 10.9. The number of hydrogen-bond acceptors (Lipinski definition) is 0. The smallest absolute Gasteiger partial charge is 0.0313 e. The maximum Gasteiger partial charge on any atom is -0.0313 e. The molecule has 0 saturated heterocycles. The Kier molecular flexibility index (Phi) is 6.47. The molecule has 0 heterocycles. The van der Waals surface area contributed by atoms with Gasteiger partial charge in [0.1, 0.15) is 0 Å². The minimum Gasteiger partial charge on any atom is -0.0842 e. The molecule has 0 nitrogen and oxygen atoms in total. The van der Waals surface area contributed by atoms with Crippen LogP contribution in [0.5, 0.6) is 0 Å². The largest absolute Gasteiger partial charge is 0.0842 e. The maximum absolute atomic E-state index is 2.38. The molecule has 0 atom stereocenters. The van der Waals surface area contributed by atoms with Crippen molar-refractivity contribution in [2.24, 2.45) is 11.8 Å². The highest BCUT2D eigenvalue weighted by atomic mass is 14.2. The molecular weight excluding hydrogens is 180 g/mol. The molecule has 0 aromatic carbocycles. The lowest BCUT2D eigenvalue weighted by atomic mass is 9.82. The second-order valence-corrected chi connectivity index (χ2v) is 4.97. The van der Waals surface area contributed by atoms with Crippen LogP contribution in [0.4, 0.5) is 0 Å². The summed E-state index contributed by atoms with van der Waals surface area (Å²) in [7, 11) is 0. The minimum absolute atomic E-state index is 1.02. The van der Waals surface area contributed by atoms with Gasteiger partial charge in [-0.3, -0.25) is 0 Å². The van der Waals surface area contributed by atoms with Gasteiger partial charge in [-0.05, 0) is 24.7 Å². The Hall–Kier alpha value is -0.520. The fourth-order valence-electron chi connectivity index (χ4n) is 2.28. The quantitative estimate of drug-likeness (QED) is 0.559. The van der Waals surface area contributed by atoms with Gasteiger partial charge in [0.2, 0.25) is 0 Å². The molecule has 1 saturated carbocycles. The first kappa shape index (κ1) is 12.5. The Morgan fingerprint density at radius 3 is 1.80 bits per heavy atom. The molecule has 0 spiro atoms. The van der Waals surface area contributed by atoms with Crippen molar-refractivity contribution in [1.29, 1.82) is 0 Å². The molecular formula is C15H26. The van der Waals surface area contributed by atoms with E-state index in [1.165, 1.54) is 44.9 Å². The lowest BCUT2D eigenvalue weighted by Crippen LogP contribution is -2.10. The van der Waals surface area contributed by atoms with E-state index in [0.29, 0.717) is 0 Å². The monoisotopic (exact) mass is 206 g/mol. The molecule has 0 aromatic heterocycles. The highest BCUT2D eigenvalue weighted by Crippen LogP contribution is 2.29. The van der Waals surface area contributed by atoms with Gasteiger partial charge in [-0.2, -0.15) is 0 Å². The summed E-state index contributed by atoms with van der Waals surface area (Å²) in [4.78, 5) is 0. The third-order valence-corrected chi connectivity index (χ3v) is 3.60. The van der Waals surface area contributed by atoms with Crippen LogP contribution in [0.15, 0.2) is 24.3 Å². The van der Waals surface area contributed by atoms with Crippen LogP contribution in [0.1, 0.15) is 58.8 Å². The van der Waals surface area contributed by atoms with Crippen molar-refractivity contribution in [3.63, 3.8) is 0 Å². The standard InChI is InChI=1S/C9H18.C6H8/c1-3-9-6-4-8(2)5-7-9;1-2-4-6-5-3-1/h8-9H,3-7H2,1-2H3;1-4H,5-6H2. The Morgan fingerprint density at radius 1 is 0.933 bits per heavy atom. The molecule has 0 unspecified atom stereocenters. The lowest BCUT2D eigenvalue weighted by molar-refractivity contribution is 0.284. The van der Waals surface area contributed by atoms with E-state index in [9.17, 15) is 0 Å². The molecule has 0 amide bonds. The van der Waals surface area contributed by atoms with E-state index in [1.807, 2.05) is 0 Å². The van der Waals surface area contributed by atoms with E-state index >= 15 is 0 Å². The van der Waals surface area contributed by atoms with E-state index in [1.54, 1.807) is 0 Å². The van der Waals surface area contributed by atoms with Gasteiger partial charge < -0.3 is 0 Å². The summed E-state index contributed by atoms with van der Waals surface area (Å²) < 4.78 is 0. The fraction of sp³-hybridized carbons (Fsp3) is 0.733. The number of rotatable bonds is 1. The van der Waals surface area contributed by atoms with Crippen molar-refractivity contribution in [1.82, 2.24) is 0 Å². The molecule has 0 radical (unpaired) electrons. The Balaban J connectivity index is 0.000000162. The zero-order valence-corrected chi connectivity index (χ0v) is 10.4. The first-order chi connectivity index (χ1) is 7.33. The van der Waals surface area contributed by atoms with E-state index < -0.39 is 0 Å². The van der Waals surface area contributed by atoms with Crippen molar-refractivity contribution in [2.45, 2.75) is 58.8 Å². The van der Waals surface area contributed by atoms with Crippen LogP contribution < -0.4 is 0 Å². The van der Waals surface area contributed by atoms with E-state index in [2.05, 4.69) is 38.2 Å². The zero-order valence-electron chi connectivity index (χ0n) is 10.4. The topological polar surface area (TPSA) is 0 Å². The molecule has 2 aliphatic rings. The first-order valence-corrected chi connectivity index (χ1v) is 6.64. The summed E-state index contributed by atoms with van der Waals surface area (Å²) in [6.45, 7) is 4.70. The molecule has 2 aliphatic carbocycles. The number of hydrogen-bond donors (Lipinski definition) is 0. The number of allylic oxidation sites excluding steroid dienone is 4. The van der Waals surface area contributed by atoms with E-state index in [-0.39, 0.29) is 0 Å². The predicted octanol–water partition coefficient (Wildman–Crippen LogP) is 5.12. The molecule has 0 bridgehead atoms. The normalized spacial score (nSPS) is 29.5. The second kappa shape index (κ2) is 7.73. The van der Waals surface area contributed by atoms with Gasteiger partial charge in [-0.1, -0.05) is 70.3 Å². The molecule has 0 aromatic rings. The summed E-state index contributed by atoms with van der Waals surface area (Å²) in [6, 6.07) is 0. The van der Waals surface area contributed by atoms with Crippen LogP contribution in [-0.4, -0.2) is 0 Å². The summed E-state index contributed by atoms with van der Waals surface area (Å²) in [6.07, 6.45) is 18.4. The highest BCUT2D eigenvalue weighted by Gasteiger charge is 2.15.